The molecule has 0 radical (unpaired) electrons. The van der Waals surface area contributed by atoms with Crippen LogP contribution in [0.1, 0.15) is 20.3 Å². The van der Waals surface area contributed by atoms with Gasteiger partial charge in [0, 0.05) is 7.05 Å². The van der Waals surface area contributed by atoms with E-state index < -0.39 is 22.0 Å². The molecule has 1 atom stereocenters. The van der Waals surface area contributed by atoms with E-state index in [9.17, 15) is 18.3 Å². The number of fused-ring (bicyclic) bond motifs is 1. The summed E-state index contributed by atoms with van der Waals surface area (Å²) in [6.07, 6.45) is 0.199. The van der Waals surface area contributed by atoms with E-state index in [2.05, 4.69) is 15.0 Å². The minimum atomic E-state index is -4.01. The first kappa shape index (κ1) is 16.4. The highest BCUT2D eigenvalue weighted by atomic mass is 32.2. The minimum Gasteiger partial charge on any atom is -0.480 e. The van der Waals surface area contributed by atoms with Crippen molar-refractivity contribution < 1.29 is 18.3 Å². The van der Waals surface area contributed by atoms with Crippen molar-refractivity contribution in [3.8, 4) is 0 Å². The van der Waals surface area contributed by atoms with Crippen molar-refractivity contribution in [3.63, 3.8) is 0 Å². The normalized spacial score (nSPS) is 13.6. The van der Waals surface area contributed by atoms with Crippen LogP contribution in [0.4, 0.5) is 0 Å². The zero-order valence-corrected chi connectivity index (χ0v) is 13.3. The number of hydrogen-bond acceptors (Lipinski definition) is 5. The smallest absolute Gasteiger partial charge is 0.321 e. The summed E-state index contributed by atoms with van der Waals surface area (Å²) < 4.78 is 28.7. The number of aliphatic carboxylic acids is 1. The zero-order valence-electron chi connectivity index (χ0n) is 12.5. The Labute approximate surface area is 128 Å². The first-order chi connectivity index (χ1) is 10.2. The summed E-state index contributed by atoms with van der Waals surface area (Å²) in [5.74, 6) is -1.17. The van der Waals surface area contributed by atoms with Crippen LogP contribution in [0.5, 0.6) is 0 Å². The Morgan fingerprint density at radius 1 is 1.41 bits per heavy atom. The molecule has 2 aromatic rings. The molecule has 22 heavy (non-hydrogen) atoms. The first-order valence-corrected chi connectivity index (χ1v) is 8.24. The standard InChI is InChI=1S/C13H18N4O4S/c1-8(2)7-9(13(18)19)15-22(20,21)11-6-4-5-10-12(11)14-16-17(10)3/h4-6,8-9,15H,7H2,1-3H3,(H,18,19). The Hall–Kier alpha value is -2.00. The fourth-order valence-electron chi connectivity index (χ4n) is 2.17. The molecule has 0 amide bonds. The Bertz CT molecular complexity index is 797. The fraction of sp³-hybridized carbons (Fsp3) is 0.462. The van der Waals surface area contributed by atoms with Gasteiger partial charge in [-0.25, -0.2) is 13.1 Å². The van der Waals surface area contributed by atoms with Crippen molar-refractivity contribution in [2.24, 2.45) is 13.0 Å². The predicted molar refractivity (Wildman–Crippen MR) is 79.7 cm³/mol. The molecule has 0 spiro atoms. The summed E-state index contributed by atoms with van der Waals surface area (Å²) in [7, 11) is -2.36. The SMILES string of the molecule is CC(C)CC(NS(=O)(=O)c1cccc2c1nnn2C)C(=O)O. The molecule has 1 aromatic heterocycles. The summed E-state index contributed by atoms with van der Waals surface area (Å²) >= 11 is 0. The number of carbonyl (C=O) groups is 1. The summed E-state index contributed by atoms with van der Waals surface area (Å²) in [5.41, 5.74) is 0.768. The molecule has 1 aromatic carbocycles. The molecule has 120 valence electrons. The van der Waals surface area contributed by atoms with E-state index in [1.54, 1.807) is 19.2 Å². The van der Waals surface area contributed by atoms with E-state index in [1.807, 2.05) is 13.8 Å². The summed E-state index contributed by atoms with van der Waals surface area (Å²) in [4.78, 5) is 11.2. The van der Waals surface area contributed by atoms with Crippen LogP contribution < -0.4 is 4.72 Å². The number of benzene rings is 1. The van der Waals surface area contributed by atoms with Crippen molar-refractivity contribution in [2.75, 3.05) is 0 Å². The number of hydrogen-bond donors (Lipinski definition) is 2. The van der Waals surface area contributed by atoms with E-state index in [4.69, 9.17) is 0 Å². The van der Waals surface area contributed by atoms with Gasteiger partial charge in [0.25, 0.3) is 0 Å². The van der Waals surface area contributed by atoms with Crippen LogP contribution in [0.3, 0.4) is 0 Å². The Kier molecular flexibility index (Phi) is 4.47. The third-order valence-electron chi connectivity index (χ3n) is 3.20. The molecule has 0 saturated heterocycles. The molecule has 2 rings (SSSR count). The highest BCUT2D eigenvalue weighted by molar-refractivity contribution is 7.89. The summed E-state index contributed by atoms with van der Waals surface area (Å²) in [6.45, 7) is 3.65. The Balaban J connectivity index is 2.42. The van der Waals surface area contributed by atoms with E-state index in [0.717, 1.165) is 0 Å². The average molecular weight is 326 g/mol. The van der Waals surface area contributed by atoms with Gasteiger partial charge in [-0.05, 0) is 24.5 Å². The van der Waals surface area contributed by atoms with Crippen molar-refractivity contribution in [1.82, 2.24) is 19.7 Å². The number of carboxylic acids is 1. The van der Waals surface area contributed by atoms with Crippen LogP contribution in [0.15, 0.2) is 23.1 Å². The van der Waals surface area contributed by atoms with Crippen LogP contribution in [0, 0.1) is 5.92 Å². The van der Waals surface area contributed by atoms with Gasteiger partial charge in [-0.2, -0.15) is 4.72 Å². The lowest BCUT2D eigenvalue weighted by atomic mass is 10.1. The van der Waals surface area contributed by atoms with Crippen molar-refractivity contribution >= 4 is 27.0 Å². The molecule has 0 aliphatic rings. The van der Waals surface area contributed by atoms with Gasteiger partial charge in [-0.1, -0.05) is 25.1 Å². The van der Waals surface area contributed by atoms with Crippen molar-refractivity contribution in [2.45, 2.75) is 31.2 Å². The van der Waals surface area contributed by atoms with Crippen LogP contribution in [-0.2, 0) is 21.9 Å². The molecule has 0 fully saturated rings. The van der Waals surface area contributed by atoms with Crippen LogP contribution >= 0.6 is 0 Å². The molecular weight excluding hydrogens is 308 g/mol. The van der Waals surface area contributed by atoms with Gasteiger partial charge < -0.3 is 5.11 Å². The maximum atomic E-state index is 12.5. The molecule has 0 aliphatic carbocycles. The lowest BCUT2D eigenvalue weighted by molar-refractivity contribution is -0.139. The zero-order chi connectivity index (χ0) is 16.5. The molecular formula is C13H18N4O4S. The van der Waals surface area contributed by atoms with Crippen LogP contribution in [0.2, 0.25) is 0 Å². The fourth-order valence-corrected chi connectivity index (χ4v) is 3.53. The lowest BCUT2D eigenvalue weighted by Gasteiger charge is -2.16. The quantitative estimate of drug-likeness (QED) is 0.809. The second kappa shape index (κ2) is 6.01. The van der Waals surface area contributed by atoms with Gasteiger partial charge in [0.05, 0.1) is 5.52 Å². The van der Waals surface area contributed by atoms with Gasteiger partial charge in [0.2, 0.25) is 10.0 Å². The maximum absolute atomic E-state index is 12.5. The molecule has 2 N–H and O–H groups in total. The summed E-state index contributed by atoms with van der Waals surface area (Å²) in [5, 5.41) is 16.8. The van der Waals surface area contributed by atoms with E-state index in [-0.39, 0.29) is 22.8 Å². The first-order valence-electron chi connectivity index (χ1n) is 6.76. The molecule has 8 nitrogen and oxygen atoms in total. The summed E-state index contributed by atoms with van der Waals surface area (Å²) in [6, 6.07) is 3.46. The van der Waals surface area contributed by atoms with E-state index in [1.165, 1.54) is 10.7 Å². The average Bonchev–Trinajstić information content (AvgIpc) is 2.79. The Morgan fingerprint density at radius 3 is 2.68 bits per heavy atom. The molecule has 0 bridgehead atoms. The van der Waals surface area contributed by atoms with E-state index >= 15 is 0 Å². The molecule has 9 heteroatoms. The lowest BCUT2D eigenvalue weighted by Crippen LogP contribution is -2.41. The molecule has 0 saturated carbocycles. The highest BCUT2D eigenvalue weighted by Crippen LogP contribution is 2.21. The van der Waals surface area contributed by atoms with Crippen molar-refractivity contribution in [3.05, 3.63) is 18.2 Å². The second-order valence-corrected chi connectivity index (χ2v) is 7.16. The highest BCUT2D eigenvalue weighted by Gasteiger charge is 2.28. The maximum Gasteiger partial charge on any atom is 0.321 e. The number of nitrogens with zero attached hydrogens (tertiary/aromatic N) is 3. The molecule has 1 heterocycles. The third kappa shape index (κ3) is 3.25. The van der Waals surface area contributed by atoms with Crippen LogP contribution in [0.25, 0.3) is 11.0 Å². The largest absolute Gasteiger partial charge is 0.480 e. The number of aromatic nitrogens is 3. The van der Waals surface area contributed by atoms with Gasteiger partial charge in [-0.3, -0.25) is 4.79 Å². The molecule has 0 aliphatic heterocycles. The Morgan fingerprint density at radius 2 is 2.09 bits per heavy atom. The number of carboxylic acid groups (broad SMARTS) is 1. The molecule has 1 unspecified atom stereocenters. The number of rotatable bonds is 6. The van der Waals surface area contributed by atoms with E-state index in [0.29, 0.717) is 5.52 Å². The van der Waals surface area contributed by atoms with Crippen molar-refractivity contribution in [1.29, 1.82) is 0 Å². The van der Waals surface area contributed by atoms with Gasteiger partial charge in [0.15, 0.2) is 0 Å². The topological polar surface area (TPSA) is 114 Å². The predicted octanol–water partition coefficient (Wildman–Crippen LogP) is 0.746. The third-order valence-corrected chi connectivity index (χ3v) is 4.70. The monoisotopic (exact) mass is 326 g/mol. The minimum absolute atomic E-state index is 0.0381. The van der Waals surface area contributed by atoms with Gasteiger partial charge in [0.1, 0.15) is 16.5 Å². The number of aryl methyl sites for hydroxylation is 1. The number of sulfonamides is 1. The van der Waals surface area contributed by atoms with Gasteiger partial charge in [-0.15, -0.1) is 5.10 Å². The van der Waals surface area contributed by atoms with Gasteiger partial charge >= 0.3 is 5.97 Å². The number of nitrogens with one attached hydrogen (secondary N) is 1. The second-order valence-electron chi connectivity index (χ2n) is 5.48. The van der Waals surface area contributed by atoms with Crippen LogP contribution in [-0.4, -0.2) is 40.5 Å².